The Kier molecular flexibility index (Phi) is 4.98. The maximum Gasteiger partial charge on any atom is 0.251 e. The molecule has 2 aliphatic rings. The smallest absolute Gasteiger partial charge is 0.251 e. The van der Waals surface area contributed by atoms with Crippen molar-refractivity contribution >= 4 is 5.91 Å². The predicted molar refractivity (Wildman–Crippen MR) is 85.1 cm³/mol. The van der Waals surface area contributed by atoms with Gasteiger partial charge in [-0.15, -0.1) is 0 Å². The molecule has 22 heavy (non-hydrogen) atoms. The van der Waals surface area contributed by atoms with Gasteiger partial charge in [-0.25, -0.2) is 0 Å². The molecular formula is C18H25NO3. The molecular weight excluding hydrogens is 278 g/mol. The molecule has 0 aromatic heterocycles. The lowest BCUT2D eigenvalue weighted by atomic mass is 9.92. The monoisotopic (exact) mass is 303 g/mol. The highest BCUT2D eigenvalue weighted by molar-refractivity contribution is 5.94. The van der Waals surface area contributed by atoms with Crippen LogP contribution in [0.3, 0.4) is 0 Å². The maximum absolute atomic E-state index is 12.3. The quantitative estimate of drug-likeness (QED) is 0.899. The van der Waals surface area contributed by atoms with Gasteiger partial charge in [0.1, 0.15) is 5.75 Å². The van der Waals surface area contributed by atoms with E-state index in [1.807, 2.05) is 12.1 Å². The molecule has 1 amide bonds. The van der Waals surface area contributed by atoms with Crippen LogP contribution in [0.25, 0.3) is 0 Å². The number of hydrogen-bond acceptors (Lipinski definition) is 3. The molecule has 0 aliphatic heterocycles. The van der Waals surface area contributed by atoms with Gasteiger partial charge in [-0.3, -0.25) is 4.79 Å². The van der Waals surface area contributed by atoms with Crippen LogP contribution in [0.2, 0.25) is 0 Å². The van der Waals surface area contributed by atoms with E-state index in [2.05, 4.69) is 5.32 Å². The van der Waals surface area contributed by atoms with Crippen molar-refractivity contribution in [3.63, 3.8) is 0 Å². The van der Waals surface area contributed by atoms with Crippen molar-refractivity contribution in [3.8, 4) is 5.75 Å². The number of ether oxygens (including phenoxy) is 1. The minimum Gasteiger partial charge on any atom is -0.490 e. The molecule has 2 atom stereocenters. The van der Waals surface area contributed by atoms with Crippen LogP contribution >= 0.6 is 0 Å². The molecule has 2 aliphatic carbocycles. The third-order valence-corrected chi connectivity index (χ3v) is 4.77. The summed E-state index contributed by atoms with van der Waals surface area (Å²) in [5, 5.41) is 12.9. The fourth-order valence-electron chi connectivity index (χ4n) is 3.41. The first-order valence-electron chi connectivity index (χ1n) is 8.48. The maximum atomic E-state index is 12.3. The van der Waals surface area contributed by atoms with Gasteiger partial charge in [0.15, 0.2) is 0 Å². The first kappa shape index (κ1) is 15.3. The number of carbonyl (C=O) groups excluding carboxylic acids is 1. The Hall–Kier alpha value is -1.55. The molecule has 120 valence electrons. The SMILES string of the molecule is O=C(NC1CCCCC1O)c1ccc(OC2CCCC2)cc1. The molecule has 0 spiro atoms. The van der Waals surface area contributed by atoms with Gasteiger partial charge >= 0.3 is 0 Å². The summed E-state index contributed by atoms with van der Waals surface area (Å²) in [7, 11) is 0. The Balaban J connectivity index is 1.55. The molecule has 0 radical (unpaired) electrons. The summed E-state index contributed by atoms with van der Waals surface area (Å²) in [6, 6.07) is 7.22. The summed E-state index contributed by atoms with van der Waals surface area (Å²) in [5.74, 6) is 0.722. The second-order valence-corrected chi connectivity index (χ2v) is 6.48. The Morgan fingerprint density at radius 2 is 1.64 bits per heavy atom. The second-order valence-electron chi connectivity index (χ2n) is 6.48. The average molecular weight is 303 g/mol. The number of carbonyl (C=O) groups is 1. The standard InChI is InChI=1S/C18H25NO3/c20-17-8-4-3-7-16(17)19-18(21)13-9-11-15(12-10-13)22-14-5-1-2-6-14/h9-12,14,16-17,20H,1-8H2,(H,19,21). The molecule has 4 heteroatoms. The van der Waals surface area contributed by atoms with Crippen LogP contribution in [-0.2, 0) is 0 Å². The number of aliphatic hydroxyl groups is 1. The van der Waals surface area contributed by atoms with Crippen LogP contribution in [0.1, 0.15) is 61.7 Å². The number of aliphatic hydroxyl groups excluding tert-OH is 1. The summed E-state index contributed by atoms with van der Waals surface area (Å²) < 4.78 is 5.91. The molecule has 0 heterocycles. The Morgan fingerprint density at radius 3 is 2.32 bits per heavy atom. The molecule has 1 aromatic rings. The van der Waals surface area contributed by atoms with Crippen molar-refractivity contribution in [3.05, 3.63) is 29.8 Å². The van der Waals surface area contributed by atoms with Gasteiger partial charge in [0.2, 0.25) is 0 Å². The fourth-order valence-corrected chi connectivity index (χ4v) is 3.41. The third-order valence-electron chi connectivity index (χ3n) is 4.77. The Morgan fingerprint density at radius 1 is 1.00 bits per heavy atom. The van der Waals surface area contributed by atoms with E-state index >= 15 is 0 Å². The number of amides is 1. The highest BCUT2D eigenvalue weighted by Gasteiger charge is 2.24. The van der Waals surface area contributed by atoms with E-state index in [9.17, 15) is 9.90 Å². The largest absolute Gasteiger partial charge is 0.490 e. The molecule has 2 saturated carbocycles. The van der Waals surface area contributed by atoms with E-state index in [1.165, 1.54) is 12.8 Å². The van der Waals surface area contributed by atoms with E-state index in [-0.39, 0.29) is 11.9 Å². The van der Waals surface area contributed by atoms with Crippen molar-refractivity contribution in [2.24, 2.45) is 0 Å². The first-order chi connectivity index (χ1) is 10.7. The summed E-state index contributed by atoms with van der Waals surface area (Å²) in [6.07, 6.45) is 8.40. The summed E-state index contributed by atoms with van der Waals surface area (Å²) in [5.41, 5.74) is 0.622. The number of hydrogen-bond donors (Lipinski definition) is 2. The molecule has 2 N–H and O–H groups in total. The highest BCUT2D eigenvalue weighted by atomic mass is 16.5. The van der Waals surface area contributed by atoms with Crippen molar-refractivity contribution in [1.29, 1.82) is 0 Å². The van der Waals surface area contributed by atoms with E-state index in [0.29, 0.717) is 11.7 Å². The topological polar surface area (TPSA) is 58.6 Å². The Bertz CT molecular complexity index is 494. The van der Waals surface area contributed by atoms with Crippen molar-refractivity contribution in [2.45, 2.75) is 69.6 Å². The number of benzene rings is 1. The molecule has 1 aromatic carbocycles. The molecule has 2 fully saturated rings. The van der Waals surface area contributed by atoms with E-state index in [4.69, 9.17) is 4.74 Å². The van der Waals surface area contributed by atoms with Gasteiger partial charge in [0.05, 0.1) is 18.2 Å². The highest BCUT2D eigenvalue weighted by Crippen LogP contribution is 2.24. The fraction of sp³-hybridized carbons (Fsp3) is 0.611. The number of nitrogens with one attached hydrogen (secondary N) is 1. The minimum atomic E-state index is -0.414. The lowest BCUT2D eigenvalue weighted by molar-refractivity contribution is 0.0717. The summed E-state index contributed by atoms with van der Waals surface area (Å²) in [6.45, 7) is 0. The van der Waals surface area contributed by atoms with Gasteiger partial charge in [-0.1, -0.05) is 12.8 Å². The normalized spacial score (nSPS) is 25.9. The minimum absolute atomic E-state index is 0.113. The lowest BCUT2D eigenvalue weighted by Gasteiger charge is -2.28. The van der Waals surface area contributed by atoms with Crippen molar-refractivity contribution < 1.29 is 14.6 Å². The van der Waals surface area contributed by atoms with Crippen molar-refractivity contribution in [1.82, 2.24) is 5.32 Å². The average Bonchev–Trinajstić information content (AvgIpc) is 3.03. The first-order valence-corrected chi connectivity index (χ1v) is 8.48. The van der Waals surface area contributed by atoms with Crippen LogP contribution in [0.4, 0.5) is 0 Å². The summed E-state index contributed by atoms with van der Waals surface area (Å²) >= 11 is 0. The van der Waals surface area contributed by atoms with Crippen LogP contribution in [0.15, 0.2) is 24.3 Å². The zero-order valence-electron chi connectivity index (χ0n) is 13.0. The van der Waals surface area contributed by atoms with Gasteiger partial charge < -0.3 is 15.2 Å². The molecule has 3 rings (SSSR count). The molecule has 0 saturated heterocycles. The summed E-state index contributed by atoms with van der Waals surface area (Å²) in [4.78, 5) is 12.3. The predicted octanol–water partition coefficient (Wildman–Crippen LogP) is 3.04. The van der Waals surface area contributed by atoms with Crippen LogP contribution in [0, 0.1) is 0 Å². The molecule has 0 bridgehead atoms. The van der Waals surface area contributed by atoms with Crippen molar-refractivity contribution in [2.75, 3.05) is 0 Å². The molecule has 2 unspecified atom stereocenters. The van der Waals surface area contributed by atoms with Gasteiger partial charge in [0.25, 0.3) is 5.91 Å². The van der Waals surface area contributed by atoms with Gasteiger partial charge in [-0.05, 0) is 62.8 Å². The van der Waals surface area contributed by atoms with E-state index < -0.39 is 6.10 Å². The molecule has 4 nitrogen and oxygen atoms in total. The van der Waals surface area contributed by atoms with Crippen LogP contribution in [-0.4, -0.2) is 29.3 Å². The Labute approximate surface area is 131 Å². The van der Waals surface area contributed by atoms with Gasteiger partial charge in [0, 0.05) is 5.56 Å². The van der Waals surface area contributed by atoms with Gasteiger partial charge in [-0.2, -0.15) is 0 Å². The van der Waals surface area contributed by atoms with Crippen LogP contribution in [0.5, 0.6) is 5.75 Å². The third kappa shape index (κ3) is 3.80. The lowest BCUT2D eigenvalue weighted by Crippen LogP contribution is -2.45. The zero-order valence-corrected chi connectivity index (χ0v) is 13.0. The number of rotatable bonds is 4. The van der Waals surface area contributed by atoms with E-state index in [1.54, 1.807) is 12.1 Å². The van der Waals surface area contributed by atoms with E-state index in [0.717, 1.165) is 44.3 Å². The van der Waals surface area contributed by atoms with Crippen LogP contribution < -0.4 is 10.1 Å². The second kappa shape index (κ2) is 7.14. The zero-order chi connectivity index (χ0) is 15.4.